The number of hydrogen-bond donors (Lipinski definition) is 1. The number of aliphatic carboxylic acids is 1. The molecule has 44 heavy (non-hydrogen) atoms. The Balaban J connectivity index is 1.18. The molecule has 7 heteroatoms. The van der Waals surface area contributed by atoms with E-state index in [2.05, 4.69) is 110 Å². The van der Waals surface area contributed by atoms with Crippen LogP contribution in [0.15, 0.2) is 115 Å². The van der Waals surface area contributed by atoms with Crippen molar-refractivity contribution in [3.8, 4) is 36.0 Å². The van der Waals surface area contributed by atoms with Gasteiger partial charge < -0.3 is 10.0 Å². The van der Waals surface area contributed by atoms with Crippen LogP contribution in [0.4, 0.5) is 17.1 Å². The Labute approximate surface area is 268 Å². The van der Waals surface area contributed by atoms with Crippen molar-refractivity contribution in [3.05, 3.63) is 131 Å². The van der Waals surface area contributed by atoms with Crippen molar-refractivity contribution < 1.29 is 9.90 Å². The number of carboxylic acids is 1. The molecule has 0 bridgehead atoms. The molecule has 4 nitrogen and oxygen atoms in total. The molecule has 3 heterocycles. The summed E-state index contributed by atoms with van der Waals surface area (Å²) in [7, 11) is 0. The first-order valence-corrected chi connectivity index (χ1v) is 16.5. The molecule has 1 N–H and O–H groups in total. The first kappa shape index (κ1) is 28.1. The van der Waals surface area contributed by atoms with Crippen LogP contribution in [0, 0.1) is 11.3 Å². The molecular formula is C37H26N2O2S3. The quantitative estimate of drug-likeness (QED) is 0.141. The fourth-order valence-electron chi connectivity index (χ4n) is 5.69. The minimum absolute atomic E-state index is 0.197. The van der Waals surface area contributed by atoms with E-state index in [4.69, 9.17) is 0 Å². The molecule has 3 aromatic heterocycles. The smallest absolute Gasteiger partial charge is 0.346 e. The van der Waals surface area contributed by atoms with Crippen LogP contribution in [-0.4, -0.2) is 11.1 Å². The van der Waals surface area contributed by atoms with Crippen LogP contribution in [0.5, 0.6) is 0 Å². The van der Waals surface area contributed by atoms with Gasteiger partial charge in [0.2, 0.25) is 0 Å². The van der Waals surface area contributed by atoms with Crippen LogP contribution in [0.1, 0.15) is 29.9 Å². The number of carboxylic acid groups (broad SMARTS) is 1. The first-order chi connectivity index (χ1) is 21.3. The largest absolute Gasteiger partial charge is 0.477 e. The van der Waals surface area contributed by atoms with E-state index >= 15 is 0 Å². The number of nitrogens with zero attached hydrogens (tertiary/aromatic N) is 2. The zero-order valence-corrected chi connectivity index (χ0v) is 26.4. The van der Waals surface area contributed by atoms with Gasteiger partial charge in [0.1, 0.15) is 11.6 Å². The number of thiophene rings is 3. The highest BCUT2D eigenvalue weighted by Crippen LogP contribution is 2.57. The number of para-hydroxylation sites is 2. The molecule has 0 amide bonds. The topological polar surface area (TPSA) is 64.3 Å². The van der Waals surface area contributed by atoms with E-state index in [0.717, 1.165) is 21.9 Å². The normalized spacial score (nSPS) is 13.2. The molecule has 0 radical (unpaired) electrons. The van der Waals surface area contributed by atoms with Gasteiger partial charge in [-0.3, -0.25) is 0 Å². The Morgan fingerprint density at radius 2 is 1.30 bits per heavy atom. The lowest BCUT2D eigenvalue weighted by atomic mass is 9.84. The SMILES string of the molecule is CC1(C)c2cc(C=C(C#N)C(=O)O)sc2-c2sc(-c3ccc(-c4ccc(N(c5ccccc5)c5ccccc5)cc4)s3)cc21. The zero-order valence-electron chi connectivity index (χ0n) is 23.9. The molecule has 3 aromatic carbocycles. The first-order valence-electron chi connectivity index (χ1n) is 14.1. The van der Waals surface area contributed by atoms with Crippen LogP contribution in [0.3, 0.4) is 0 Å². The van der Waals surface area contributed by atoms with Crippen molar-refractivity contribution in [2.75, 3.05) is 4.90 Å². The number of hydrogen-bond acceptors (Lipinski definition) is 6. The molecule has 0 fully saturated rings. The van der Waals surface area contributed by atoms with E-state index in [1.165, 1.54) is 47.2 Å². The summed E-state index contributed by atoms with van der Waals surface area (Å²) in [6.45, 7) is 4.43. The Hall–Kier alpha value is -4.74. The maximum absolute atomic E-state index is 11.4. The lowest BCUT2D eigenvalue weighted by molar-refractivity contribution is -0.132. The standard InChI is InChI=1S/C37H26N2O2S3/c1-37(2)29-20-28(19-24(22-38)36(40)41)42-34(29)35-30(37)21-33(44-35)32-18-17-31(43-32)23-13-15-27(16-14-23)39(25-9-5-3-6-10-25)26-11-7-4-8-12-26/h3-21H,1-2H3,(H,40,41). The maximum Gasteiger partial charge on any atom is 0.346 e. The Morgan fingerprint density at radius 1 is 0.727 bits per heavy atom. The molecule has 1 aliphatic rings. The van der Waals surface area contributed by atoms with E-state index < -0.39 is 5.97 Å². The number of rotatable bonds is 7. The van der Waals surface area contributed by atoms with Crippen LogP contribution in [0.25, 0.3) is 36.0 Å². The molecule has 0 atom stereocenters. The molecule has 0 saturated carbocycles. The van der Waals surface area contributed by atoms with Crippen molar-refractivity contribution >= 4 is 63.1 Å². The molecule has 0 spiro atoms. The second-order valence-corrected chi connectivity index (χ2v) is 14.3. The summed E-state index contributed by atoms with van der Waals surface area (Å²) in [4.78, 5) is 20.5. The average Bonchev–Trinajstić information content (AvgIpc) is 3.82. The number of carbonyl (C=O) groups is 1. The third-order valence-electron chi connectivity index (χ3n) is 7.96. The van der Waals surface area contributed by atoms with Crippen molar-refractivity contribution in [2.45, 2.75) is 19.3 Å². The van der Waals surface area contributed by atoms with E-state index in [9.17, 15) is 15.2 Å². The van der Waals surface area contributed by atoms with Gasteiger partial charge in [0.25, 0.3) is 0 Å². The van der Waals surface area contributed by atoms with Gasteiger partial charge >= 0.3 is 5.97 Å². The third kappa shape index (κ3) is 4.87. The monoisotopic (exact) mass is 626 g/mol. The molecule has 0 aliphatic heterocycles. The maximum atomic E-state index is 11.4. The minimum atomic E-state index is -1.20. The highest BCUT2D eigenvalue weighted by Gasteiger charge is 2.39. The van der Waals surface area contributed by atoms with Crippen molar-refractivity contribution in [2.24, 2.45) is 0 Å². The lowest BCUT2D eigenvalue weighted by Crippen LogP contribution is -2.13. The predicted molar refractivity (Wildman–Crippen MR) is 184 cm³/mol. The van der Waals surface area contributed by atoms with Crippen LogP contribution in [0.2, 0.25) is 0 Å². The fraction of sp³-hybridized carbons (Fsp3) is 0.0811. The number of nitriles is 1. The predicted octanol–water partition coefficient (Wildman–Crippen LogP) is 11.0. The molecule has 6 aromatic rings. The van der Waals surface area contributed by atoms with Crippen LogP contribution < -0.4 is 4.90 Å². The lowest BCUT2D eigenvalue weighted by Gasteiger charge is -2.25. The van der Waals surface area contributed by atoms with Gasteiger partial charge in [-0.25, -0.2) is 4.79 Å². The van der Waals surface area contributed by atoms with Crippen molar-refractivity contribution in [3.63, 3.8) is 0 Å². The summed E-state index contributed by atoms with van der Waals surface area (Å²) < 4.78 is 0. The molecular weight excluding hydrogens is 601 g/mol. The van der Waals surface area contributed by atoms with Gasteiger partial charge in [-0.15, -0.1) is 34.0 Å². The van der Waals surface area contributed by atoms with E-state index in [1.54, 1.807) is 40.1 Å². The fourth-order valence-corrected chi connectivity index (χ4v) is 9.52. The summed E-state index contributed by atoms with van der Waals surface area (Å²) in [5.74, 6) is -1.20. The second kappa shape index (κ2) is 11.1. The van der Waals surface area contributed by atoms with E-state index in [-0.39, 0.29) is 11.0 Å². The Morgan fingerprint density at radius 3 is 1.91 bits per heavy atom. The van der Waals surface area contributed by atoms with Gasteiger partial charge in [-0.05, 0) is 83.4 Å². The van der Waals surface area contributed by atoms with E-state index in [1.807, 2.05) is 18.2 Å². The van der Waals surface area contributed by atoms with Crippen molar-refractivity contribution in [1.29, 1.82) is 5.26 Å². The average molecular weight is 627 g/mol. The number of fused-ring (bicyclic) bond motifs is 3. The highest BCUT2D eigenvalue weighted by molar-refractivity contribution is 7.27. The molecule has 1 aliphatic carbocycles. The molecule has 214 valence electrons. The summed E-state index contributed by atoms with van der Waals surface area (Å²) in [6.07, 6.45) is 1.48. The van der Waals surface area contributed by atoms with Gasteiger partial charge in [0.15, 0.2) is 0 Å². The third-order valence-corrected chi connectivity index (χ3v) is 11.7. The van der Waals surface area contributed by atoms with E-state index in [0.29, 0.717) is 0 Å². The number of benzene rings is 3. The van der Waals surface area contributed by atoms with Gasteiger partial charge in [0, 0.05) is 51.7 Å². The summed E-state index contributed by atoms with van der Waals surface area (Å²) in [5, 5.41) is 18.5. The number of anilines is 3. The Bertz CT molecular complexity index is 2040. The zero-order chi connectivity index (χ0) is 30.4. The molecule has 0 unspecified atom stereocenters. The molecule has 7 rings (SSSR count). The van der Waals surface area contributed by atoms with Gasteiger partial charge in [-0.2, -0.15) is 5.26 Å². The second-order valence-electron chi connectivity index (χ2n) is 11.1. The van der Waals surface area contributed by atoms with Gasteiger partial charge in [0.05, 0.1) is 0 Å². The van der Waals surface area contributed by atoms with Crippen molar-refractivity contribution in [1.82, 2.24) is 0 Å². The summed E-state index contributed by atoms with van der Waals surface area (Å²) in [5.41, 5.74) is 6.56. The van der Waals surface area contributed by atoms with Crippen LogP contribution >= 0.6 is 34.0 Å². The Kier molecular flexibility index (Phi) is 7.06. The van der Waals surface area contributed by atoms with Gasteiger partial charge in [-0.1, -0.05) is 62.4 Å². The molecule has 0 saturated heterocycles. The summed E-state index contributed by atoms with van der Waals surface area (Å²) >= 11 is 5.14. The highest BCUT2D eigenvalue weighted by atomic mass is 32.1. The van der Waals surface area contributed by atoms with Crippen LogP contribution in [-0.2, 0) is 10.2 Å². The summed E-state index contributed by atoms with van der Waals surface area (Å²) in [6, 6.07) is 40.1. The minimum Gasteiger partial charge on any atom is -0.477 e.